The minimum Gasteiger partial charge on any atom is -0.469 e. The maximum atomic E-state index is 9.96. The standard InChI is InChI=1S/C5H13N.C5H12O.C4H8O2.C4H10O.C3H8O/c1-4-5-6(2)3;1-3-4-5-6-2;1-3-4(5)6-2;1-3-4-5-2;1-3-4-2/h4-5H2,1-3H3;3-5H2,1-2H3;3H2,1-2H3;3-4H2,1-2H3;3H2,1-2H3. The Balaban J connectivity index is -0.0000000753. The summed E-state index contributed by atoms with van der Waals surface area (Å²) in [5, 5.41) is 0. The number of rotatable bonds is 9. The molecule has 0 rings (SSSR count). The topological polar surface area (TPSA) is 57.2 Å². The average molecular weight is 398 g/mol. The third-order valence-corrected chi connectivity index (χ3v) is 2.59. The molecule has 170 valence electrons. The van der Waals surface area contributed by atoms with Crippen LogP contribution in [0.2, 0.25) is 0 Å². The predicted molar refractivity (Wildman–Crippen MR) is 118 cm³/mol. The van der Waals surface area contributed by atoms with Gasteiger partial charge in [0, 0.05) is 47.6 Å². The number of hydrogen-bond donors (Lipinski definition) is 0. The highest BCUT2D eigenvalue weighted by Crippen LogP contribution is 1.83. The van der Waals surface area contributed by atoms with Crippen LogP contribution in [0.3, 0.4) is 0 Å². The zero-order valence-electron chi connectivity index (χ0n) is 20.4. The molecule has 0 fully saturated rings. The molecular formula is C21H51NO5. The van der Waals surface area contributed by atoms with E-state index in [1.54, 1.807) is 28.3 Å². The third kappa shape index (κ3) is 90.8. The maximum absolute atomic E-state index is 9.96. The molecule has 6 heteroatoms. The highest BCUT2D eigenvalue weighted by Gasteiger charge is 1.87. The van der Waals surface area contributed by atoms with Crippen molar-refractivity contribution in [1.29, 1.82) is 0 Å². The molecule has 0 saturated heterocycles. The number of esters is 1. The van der Waals surface area contributed by atoms with Gasteiger partial charge in [-0.15, -0.1) is 0 Å². The van der Waals surface area contributed by atoms with Gasteiger partial charge in [0.25, 0.3) is 0 Å². The largest absolute Gasteiger partial charge is 0.469 e. The van der Waals surface area contributed by atoms with Crippen molar-refractivity contribution in [2.45, 2.75) is 66.7 Å². The van der Waals surface area contributed by atoms with Crippen LogP contribution in [0.15, 0.2) is 0 Å². The fraction of sp³-hybridized carbons (Fsp3) is 0.952. The Morgan fingerprint density at radius 3 is 1.26 bits per heavy atom. The Hall–Kier alpha value is -0.690. The zero-order chi connectivity index (χ0) is 22.3. The minimum atomic E-state index is -0.157. The summed E-state index contributed by atoms with van der Waals surface area (Å²) in [6.07, 6.45) is 5.27. The van der Waals surface area contributed by atoms with Gasteiger partial charge in [-0.1, -0.05) is 34.1 Å². The number of methoxy groups -OCH3 is 4. The van der Waals surface area contributed by atoms with Gasteiger partial charge in [0.2, 0.25) is 0 Å². The minimum absolute atomic E-state index is 0.157. The summed E-state index contributed by atoms with van der Waals surface area (Å²) >= 11 is 0. The van der Waals surface area contributed by atoms with Crippen molar-refractivity contribution < 1.29 is 23.7 Å². The second-order valence-electron chi connectivity index (χ2n) is 5.65. The number of unbranched alkanes of at least 4 members (excludes halogenated alkanes) is 1. The fourth-order valence-corrected chi connectivity index (χ4v) is 1.08. The molecule has 6 nitrogen and oxygen atoms in total. The first-order valence-corrected chi connectivity index (χ1v) is 10.0. The van der Waals surface area contributed by atoms with E-state index in [1.165, 1.54) is 32.9 Å². The highest BCUT2D eigenvalue weighted by molar-refractivity contribution is 5.68. The molecule has 0 aromatic heterocycles. The van der Waals surface area contributed by atoms with Crippen molar-refractivity contribution in [2.75, 3.05) is 68.9 Å². The van der Waals surface area contributed by atoms with Gasteiger partial charge in [-0.3, -0.25) is 4.79 Å². The van der Waals surface area contributed by atoms with Crippen molar-refractivity contribution in [2.24, 2.45) is 0 Å². The molecule has 0 aliphatic carbocycles. The van der Waals surface area contributed by atoms with Crippen molar-refractivity contribution in [1.82, 2.24) is 4.90 Å². The van der Waals surface area contributed by atoms with Crippen molar-refractivity contribution in [3.05, 3.63) is 0 Å². The molecule has 0 saturated carbocycles. The van der Waals surface area contributed by atoms with Gasteiger partial charge in [-0.05, 0) is 46.8 Å². The normalized spacial score (nSPS) is 8.59. The van der Waals surface area contributed by atoms with Gasteiger partial charge in [-0.2, -0.15) is 0 Å². The number of ether oxygens (including phenoxy) is 4. The van der Waals surface area contributed by atoms with Crippen molar-refractivity contribution in [3.8, 4) is 0 Å². The number of carbonyl (C=O) groups excluding carboxylic acids is 1. The lowest BCUT2D eigenvalue weighted by Crippen LogP contribution is -2.11. The Bertz CT molecular complexity index is 201. The molecule has 0 aromatic carbocycles. The Morgan fingerprint density at radius 2 is 1.22 bits per heavy atom. The second kappa shape index (κ2) is 44.6. The van der Waals surface area contributed by atoms with Crippen LogP contribution in [0.5, 0.6) is 0 Å². The molecule has 0 N–H and O–H groups in total. The molecular weight excluding hydrogens is 346 g/mol. The van der Waals surface area contributed by atoms with E-state index in [2.05, 4.69) is 49.2 Å². The quantitative estimate of drug-likeness (QED) is 0.417. The number of nitrogens with zero attached hydrogens (tertiary/aromatic N) is 1. The van der Waals surface area contributed by atoms with Gasteiger partial charge in [-0.25, -0.2) is 0 Å². The summed E-state index contributed by atoms with van der Waals surface area (Å²) in [4.78, 5) is 12.1. The molecule has 0 spiro atoms. The summed E-state index contributed by atoms with van der Waals surface area (Å²) in [5.74, 6) is -0.157. The van der Waals surface area contributed by atoms with E-state index in [4.69, 9.17) is 9.47 Å². The van der Waals surface area contributed by atoms with Crippen LogP contribution in [0.4, 0.5) is 0 Å². The van der Waals surface area contributed by atoms with Crippen molar-refractivity contribution in [3.63, 3.8) is 0 Å². The van der Waals surface area contributed by atoms with E-state index in [0.29, 0.717) is 6.42 Å². The summed E-state index contributed by atoms with van der Waals surface area (Å²) in [5.41, 5.74) is 0. The second-order valence-corrected chi connectivity index (χ2v) is 5.65. The number of hydrogen-bond acceptors (Lipinski definition) is 6. The molecule has 0 atom stereocenters. The van der Waals surface area contributed by atoms with E-state index >= 15 is 0 Å². The van der Waals surface area contributed by atoms with E-state index < -0.39 is 0 Å². The molecule has 27 heavy (non-hydrogen) atoms. The monoisotopic (exact) mass is 397 g/mol. The molecule has 0 unspecified atom stereocenters. The average Bonchev–Trinajstić information content (AvgIpc) is 2.67. The molecule has 0 amide bonds. The predicted octanol–water partition coefficient (Wildman–Crippen LogP) is 4.66. The fourth-order valence-electron chi connectivity index (χ4n) is 1.08. The van der Waals surface area contributed by atoms with Gasteiger partial charge in [0.15, 0.2) is 0 Å². The smallest absolute Gasteiger partial charge is 0.305 e. The molecule has 0 aliphatic heterocycles. The van der Waals surface area contributed by atoms with Gasteiger partial charge in [0.05, 0.1) is 7.11 Å². The van der Waals surface area contributed by atoms with Crippen LogP contribution in [0.25, 0.3) is 0 Å². The van der Waals surface area contributed by atoms with Crippen LogP contribution in [0.1, 0.15) is 66.7 Å². The van der Waals surface area contributed by atoms with Gasteiger partial charge >= 0.3 is 5.97 Å². The Kier molecular flexibility index (Phi) is 61.3. The molecule has 0 heterocycles. The molecule has 0 bridgehead atoms. The van der Waals surface area contributed by atoms with E-state index in [9.17, 15) is 4.79 Å². The Morgan fingerprint density at radius 1 is 0.741 bits per heavy atom. The first kappa shape index (κ1) is 37.1. The lowest BCUT2D eigenvalue weighted by molar-refractivity contribution is -0.140. The van der Waals surface area contributed by atoms with E-state index in [-0.39, 0.29) is 5.97 Å². The molecule has 0 aromatic rings. The number of carbonyl (C=O) groups is 1. The third-order valence-electron chi connectivity index (χ3n) is 2.59. The summed E-state index contributed by atoms with van der Waals surface area (Å²) in [6, 6.07) is 0. The lowest BCUT2D eigenvalue weighted by Gasteiger charge is -2.03. The van der Waals surface area contributed by atoms with Crippen LogP contribution in [0, 0.1) is 0 Å². The lowest BCUT2D eigenvalue weighted by atomic mass is 10.4. The van der Waals surface area contributed by atoms with Gasteiger partial charge in [0.1, 0.15) is 0 Å². The summed E-state index contributed by atoms with van der Waals surface area (Å²) < 4.78 is 18.3. The Labute approximate surface area is 170 Å². The van der Waals surface area contributed by atoms with E-state index in [0.717, 1.165) is 26.2 Å². The molecule has 0 radical (unpaired) electrons. The SMILES string of the molecule is CCC(=O)OC.CCCCOC.CCCN(C)C.CCCOC.CCOC. The summed E-state index contributed by atoms with van der Waals surface area (Å²) in [6.45, 7) is 14.0. The van der Waals surface area contributed by atoms with Crippen LogP contribution in [-0.4, -0.2) is 79.8 Å². The van der Waals surface area contributed by atoms with Crippen molar-refractivity contribution >= 4 is 5.97 Å². The van der Waals surface area contributed by atoms with E-state index in [1.807, 2.05) is 6.92 Å². The zero-order valence-corrected chi connectivity index (χ0v) is 20.4. The first-order valence-electron chi connectivity index (χ1n) is 10.0. The maximum Gasteiger partial charge on any atom is 0.305 e. The van der Waals surface area contributed by atoms with Crippen LogP contribution in [-0.2, 0) is 23.7 Å². The summed E-state index contributed by atoms with van der Waals surface area (Å²) in [7, 11) is 10.7. The highest BCUT2D eigenvalue weighted by atomic mass is 16.5. The molecule has 0 aliphatic rings. The first-order chi connectivity index (χ1) is 12.8. The van der Waals surface area contributed by atoms with Crippen LogP contribution >= 0.6 is 0 Å². The van der Waals surface area contributed by atoms with Gasteiger partial charge < -0.3 is 23.8 Å². The van der Waals surface area contributed by atoms with Crippen LogP contribution < -0.4 is 0 Å².